The second-order valence-corrected chi connectivity index (χ2v) is 7.07. The summed E-state index contributed by atoms with van der Waals surface area (Å²) in [7, 11) is 2.07. The largest absolute Gasteiger partial charge is 0.296 e. The van der Waals surface area contributed by atoms with Gasteiger partial charge in [0.25, 0.3) is 0 Å². The molecule has 0 aliphatic rings. The quantitative estimate of drug-likeness (QED) is 0.199. The van der Waals surface area contributed by atoms with Crippen molar-refractivity contribution in [3.05, 3.63) is 96.8 Å². The van der Waals surface area contributed by atoms with Crippen molar-refractivity contribution in [1.29, 1.82) is 0 Å². The maximum atomic E-state index is 4.59. The summed E-state index contributed by atoms with van der Waals surface area (Å²) in [5, 5.41) is 3.32. The van der Waals surface area contributed by atoms with E-state index in [0.29, 0.717) is 0 Å². The molecular formula is C26H19N2Y-. The summed E-state index contributed by atoms with van der Waals surface area (Å²) in [6.07, 6.45) is 3.91. The summed E-state index contributed by atoms with van der Waals surface area (Å²) in [6.45, 7) is 2.13. The summed E-state index contributed by atoms with van der Waals surface area (Å²) in [4.78, 5) is 4.59. The van der Waals surface area contributed by atoms with Crippen LogP contribution in [-0.2, 0) is 39.8 Å². The first kappa shape index (κ1) is 19.9. The summed E-state index contributed by atoms with van der Waals surface area (Å²) < 4.78 is 2.13. The Morgan fingerprint density at radius 2 is 1.59 bits per heavy atom. The van der Waals surface area contributed by atoms with Gasteiger partial charge in [-0.25, -0.2) is 4.57 Å². The van der Waals surface area contributed by atoms with Gasteiger partial charge < -0.3 is 0 Å². The van der Waals surface area contributed by atoms with Gasteiger partial charge in [-0.2, -0.15) is 29.3 Å². The monoisotopic (exact) mass is 448 g/mol. The van der Waals surface area contributed by atoms with Crippen molar-refractivity contribution in [2.24, 2.45) is 7.05 Å². The molecule has 0 saturated heterocycles. The molecule has 3 aromatic carbocycles. The summed E-state index contributed by atoms with van der Waals surface area (Å²) in [6, 6.07) is 30.3. The summed E-state index contributed by atoms with van der Waals surface area (Å²) in [5.74, 6) is 0. The van der Waals surface area contributed by atoms with Crippen LogP contribution in [0.4, 0.5) is 0 Å². The number of rotatable bonds is 2. The van der Waals surface area contributed by atoms with Gasteiger partial charge >= 0.3 is 0 Å². The molecule has 3 heteroatoms. The summed E-state index contributed by atoms with van der Waals surface area (Å²) in [5.41, 5.74) is 6.57. The molecule has 0 aliphatic carbocycles. The molecule has 5 aromatic rings. The van der Waals surface area contributed by atoms with E-state index in [0.717, 1.165) is 44.1 Å². The van der Waals surface area contributed by atoms with Crippen LogP contribution in [0, 0.1) is 19.1 Å². The Hall–Kier alpha value is -2.42. The van der Waals surface area contributed by atoms with Gasteiger partial charge in [-0.1, -0.05) is 54.3 Å². The SMILES string of the molecule is Cc1ccc(-c2[c-]c3cccnc3c3ccccc23)[c-]c1-c1cccc[n+]1C.[Y]. The molecule has 0 fully saturated rings. The van der Waals surface area contributed by atoms with Crippen molar-refractivity contribution in [1.82, 2.24) is 4.98 Å². The molecule has 0 N–H and O–H groups in total. The van der Waals surface area contributed by atoms with E-state index >= 15 is 0 Å². The number of nitrogens with zero attached hydrogens (tertiary/aromatic N) is 2. The van der Waals surface area contributed by atoms with Crippen LogP contribution in [0.2, 0.25) is 0 Å². The standard InChI is InChI=1S/C26H19N2.Y/c1-18-12-13-19(16-23(18)25-11-5-6-15-28(25)2)24-17-20-8-7-14-27-26(20)22-10-4-3-9-21(22)24;/h3-15H,1-2H3;/q-1;. The number of pyridine rings is 2. The molecule has 0 bridgehead atoms. The molecule has 1 radical (unpaired) electrons. The van der Waals surface area contributed by atoms with Gasteiger partial charge in [0.2, 0.25) is 0 Å². The van der Waals surface area contributed by atoms with Crippen LogP contribution in [0.1, 0.15) is 5.56 Å². The predicted octanol–water partition coefficient (Wildman–Crippen LogP) is 5.45. The van der Waals surface area contributed by atoms with Crippen molar-refractivity contribution in [3.63, 3.8) is 0 Å². The fourth-order valence-corrected chi connectivity index (χ4v) is 3.80. The third kappa shape index (κ3) is 3.52. The number of hydrogen-bond donors (Lipinski definition) is 0. The molecule has 137 valence electrons. The van der Waals surface area contributed by atoms with Crippen molar-refractivity contribution < 1.29 is 37.3 Å². The molecule has 0 atom stereocenters. The van der Waals surface area contributed by atoms with Gasteiger partial charge in [0.1, 0.15) is 12.7 Å². The molecule has 2 aromatic heterocycles. The van der Waals surface area contributed by atoms with Crippen LogP contribution in [0.3, 0.4) is 0 Å². The normalized spacial score (nSPS) is 10.8. The van der Waals surface area contributed by atoms with E-state index in [1.807, 2.05) is 18.3 Å². The van der Waals surface area contributed by atoms with E-state index < -0.39 is 0 Å². The van der Waals surface area contributed by atoms with Crippen LogP contribution < -0.4 is 4.57 Å². The topological polar surface area (TPSA) is 16.8 Å². The maximum absolute atomic E-state index is 4.59. The van der Waals surface area contributed by atoms with Gasteiger partial charge in [-0.05, 0) is 6.07 Å². The number of aryl methyl sites for hydroxylation is 2. The average molecular weight is 448 g/mol. The first-order valence-electron chi connectivity index (χ1n) is 9.39. The van der Waals surface area contributed by atoms with Gasteiger partial charge in [0.05, 0.1) is 0 Å². The summed E-state index contributed by atoms with van der Waals surface area (Å²) >= 11 is 0. The van der Waals surface area contributed by atoms with Crippen molar-refractivity contribution in [3.8, 4) is 22.4 Å². The van der Waals surface area contributed by atoms with E-state index in [1.54, 1.807) is 0 Å². The molecule has 0 spiro atoms. The fourth-order valence-electron chi connectivity index (χ4n) is 3.80. The van der Waals surface area contributed by atoms with E-state index in [4.69, 9.17) is 0 Å². The molecule has 2 heterocycles. The molecule has 0 unspecified atom stereocenters. The zero-order chi connectivity index (χ0) is 19.1. The minimum atomic E-state index is 0. The molecule has 0 saturated carbocycles. The zero-order valence-electron chi connectivity index (χ0n) is 16.5. The molecule has 0 amide bonds. The Kier molecular flexibility index (Phi) is 5.58. The minimum Gasteiger partial charge on any atom is -0.296 e. The molecule has 2 nitrogen and oxygen atoms in total. The van der Waals surface area contributed by atoms with Crippen molar-refractivity contribution in [2.75, 3.05) is 0 Å². The Bertz CT molecular complexity index is 1340. The number of fused-ring (bicyclic) bond motifs is 3. The predicted molar refractivity (Wildman–Crippen MR) is 114 cm³/mol. The van der Waals surface area contributed by atoms with Gasteiger partial charge in [-0.3, -0.25) is 4.98 Å². The first-order valence-corrected chi connectivity index (χ1v) is 9.39. The van der Waals surface area contributed by atoms with E-state index in [1.165, 1.54) is 5.56 Å². The van der Waals surface area contributed by atoms with Crippen LogP contribution in [-0.4, -0.2) is 4.98 Å². The number of hydrogen-bond acceptors (Lipinski definition) is 1. The van der Waals surface area contributed by atoms with E-state index in [9.17, 15) is 0 Å². The second kappa shape index (κ2) is 8.14. The van der Waals surface area contributed by atoms with Gasteiger partial charge in [0, 0.05) is 50.5 Å². The minimum absolute atomic E-state index is 0. The van der Waals surface area contributed by atoms with Crippen LogP contribution in [0.25, 0.3) is 44.1 Å². The average Bonchev–Trinajstić information content (AvgIpc) is 2.74. The molecule has 29 heavy (non-hydrogen) atoms. The zero-order valence-corrected chi connectivity index (χ0v) is 19.3. The number of aromatic nitrogens is 2. The Morgan fingerprint density at radius 3 is 2.41 bits per heavy atom. The van der Waals surface area contributed by atoms with Gasteiger partial charge in [0.15, 0.2) is 6.20 Å². The van der Waals surface area contributed by atoms with Gasteiger partial charge in [-0.15, -0.1) is 28.5 Å². The smallest absolute Gasteiger partial charge is 0.161 e. The molecular weight excluding hydrogens is 429 g/mol. The maximum Gasteiger partial charge on any atom is 0.161 e. The fraction of sp³-hybridized carbons (Fsp3) is 0.0769. The van der Waals surface area contributed by atoms with Crippen LogP contribution in [0.5, 0.6) is 0 Å². The van der Waals surface area contributed by atoms with Crippen LogP contribution in [0.15, 0.2) is 79.1 Å². The third-order valence-electron chi connectivity index (χ3n) is 5.25. The Labute approximate surface area is 196 Å². The van der Waals surface area contributed by atoms with Crippen molar-refractivity contribution >= 4 is 21.7 Å². The Morgan fingerprint density at radius 1 is 0.793 bits per heavy atom. The van der Waals surface area contributed by atoms with E-state index in [2.05, 4.69) is 96.4 Å². The molecule has 0 aliphatic heterocycles. The Balaban J connectivity index is 0.00000205. The number of benzene rings is 3. The van der Waals surface area contributed by atoms with Crippen LogP contribution >= 0.6 is 0 Å². The van der Waals surface area contributed by atoms with Crippen molar-refractivity contribution in [2.45, 2.75) is 6.92 Å². The second-order valence-electron chi connectivity index (χ2n) is 7.07. The molecule has 5 rings (SSSR count). The first-order chi connectivity index (χ1) is 13.7. The third-order valence-corrected chi connectivity index (χ3v) is 5.25. The van der Waals surface area contributed by atoms with E-state index in [-0.39, 0.29) is 32.7 Å².